The molecule has 94 valence electrons. The number of nitrogens with one attached hydrogen (secondary N) is 1. The van der Waals surface area contributed by atoms with Gasteiger partial charge in [-0.25, -0.2) is 0 Å². The van der Waals surface area contributed by atoms with Gasteiger partial charge in [-0.15, -0.1) is 0 Å². The van der Waals surface area contributed by atoms with Crippen LogP contribution in [0.1, 0.15) is 12.0 Å². The van der Waals surface area contributed by atoms with Gasteiger partial charge in [-0.2, -0.15) is 5.26 Å². The molecule has 0 bridgehead atoms. The standard InChI is InChI=1S/C14H18N4/c15-7-6-14(16)18-10-8-17(9-11-18)12-13-4-2-1-3-5-13/h1-5,16H,6,8-12H2. The molecule has 0 saturated carbocycles. The number of amidine groups is 1. The number of nitrogens with zero attached hydrogens (tertiary/aromatic N) is 3. The summed E-state index contributed by atoms with van der Waals surface area (Å²) in [4.78, 5) is 4.40. The summed E-state index contributed by atoms with van der Waals surface area (Å²) in [7, 11) is 0. The van der Waals surface area contributed by atoms with E-state index in [1.807, 2.05) is 17.0 Å². The molecule has 4 nitrogen and oxygen atoms in total. The lowest BCUT2D eigenvalue weighted by molar-refractivity contribution is 0.174. The summed E-state index contributed by atoms with van der Waals surface area (Å²) in [5, 5.41) is 16.3. The van der Waals surface area contributed by atoms with Gasteiger partial charge in [0.05, 0.1) is 12.5 Å². The SMILES string of the molecule is N#CCC(=N)N1CCN(Cc2ccccc2)CC1. The molecule has 2 rings (SSSR count). The van der Waals surface area contributed by atoms with Crippen molar-refractivity contribution >= 4 is 5.84 Å². The minimum Gasteiger partial charge on any atom is -0.357 e. The Morgan fingerprint density at radius 2 is 1.83 bits per heavy atom. The van der Waals surface area contributed by atoms with E-state index < -0.39 is 0 Å². The van der Waals surface area contributed by atoms with Gasteiger partial charge in [0.25, 0.3) is 0 Å². The van der Waals surface area contributed by atoms with Gasteiger partial charge < -0.3 is 4.90 Å². The Labute approximate surface area is 108 Å². The molecule has 1 N–H and O–H groups in total. The third kappa shape index (κ3) is 3.31. The van der Waals surface area contributed by atoms with Crippen LogP contribution in [0.25, 0.3) is 0 Å². The third-order valence-electron chi connectivity index (χ3n) is 3.25. The number of piperazine rings is 1. The van der Waals surface area contributed by atoms with E-state index in [4.69, 9.17) is 10.7 Å². The van der Waals surface area contributed by atoms with Crippen molar-refractivity contribution in [3.05, 3.63) is 35.9 Å². The average molecular weight is 242 g/mol. The summed E-state index contributed by atoms with van der Waals surface area (Å²) in [5.74, 6) is 0.455. The Hall–Kier alpha value is -1.86. The second-order valence-electron chi connectivity index (χ2n) is 4.53. The molecule has 18 heavy (non-hydrogen) atoms. The van der Waals surface area contributed by atoms with E-state index in [-0.39, 0.29) is 6.42 Å². The smallest absolute Gasteiger partial charge is 0.110 e. The topological polar surface area (TPSA) is 54.1 Å². The number of benzene rings is 1. The second kappa shape index (κ2) is 6.18. The molecule has 1 aliphatic rings. The molecule has 1 fully saturated rings. The molecule has 1 heterocycles. The van der Waals surface area contributed by atoms with Gasteiger partial charge in [-0.3, -0.25) is 10.3 Å². The quantitative estimate of drug-likeness (QED) is 0.648. The fourth-order valence-electron chi connectivity index (χ4n) is 2.20. The largest absolute Gasteiger partial charge is 0.357 e. The number of nitriles is 1. The third-order valence-corrected chi connectivity index (χ3v) is 3.25. The van der Waals surface area contributed by atoms with Gasteiger partial charge in [0, 0.05) is 32.7 Å². The van der Waals surface area contributed by atoms with E-state index in [9.17, 15) is 0 Å². The molecule has 0 aliphatic carbocycles. The van der Waals surface area contributed by atoms with Gasteiger partial charge in [0.15, 0.2) is 0 Å². The van der Waals surface area contributed by atoms with E-state index in [0.29, 0.717) is 5.84 Å². The van der Waals surface area contributed by atoms with Gasteiger partial charge in [0.1, 0.15) is 5.84 Å². The molecule has 0 unspecified atom stereocenters. The Morgan fingerprint density at radius 1 is 1.17 bits per heavy atom. The highest BCUT2D eigenvalue weighted by molar-refractivity contribution is 5.81. The van der Waals surface area contributed by atoms with Crippen molar-refractivity contribution < 1.29 is 0 Å². The van der Waals surface area contributed by atoms with E-state index >= 15 is 0 Å². The molecule has 1 aliphatic heterocycles. The first-order valence-electron chi connectivity index (χ1n) is 6.25. The normalized spacial score (nSPS) is 16.3. The summed E-state index contributed by atoms with van der Waals surface area (Å²) < 4.78 is 0. The first-order chi connectivity index (χ1) is 8.79. The van der Waals surface area contributed by atoms with Crippen LogP contribution in [0.15, 0.2) is 30.3 Å². The lowest BCUT2D eigenvalue weighted by Crippen LogP contribution is -2.47. The molecule has 0 spiro atoms. The zero-order valence-electron chi connectivity index (χ0n) is 10.5. The molecule has 0 atom stereocenters. The van der Waals surface area contributed by atoms with Gasteiger partial charge in [-0.1, -0.05) is 30.3 Å². The highest BCUT2D eigenvalue weighted by Gasteiger charge is 2.18. The average Bonchev–Trinajstić information content (AvgIpc) is 2.41. The van der Waals surface area contributed by atoms with Gasteiger partial charge in [0.2, 0.25) is 0 Å². The highest BCUT2D eigenvalue weighted by atomic mass is 15.3. The van der Waals surface area contributed by atoms with E-state index in [1.165, 1.54) is 5.56 Å². The molecule has 4 heteroatoms. The first kappa shape index (κ1) is 12.6. The Kier molecular flexibility index (Phi) is 4.32. The van der Waals surface area contributed by atoms with Gasteiger partial charge in [-0.05, 0) is 5.56 Å². The van der Waals surface area contributed by atoms with Crippen molar-refractivity contribution in [1.82, 2.24) is 9.80 Å². The maximum atomic E-state index is 8.59. The lowest BCUT2D eigenvalue weighted by atomic mass is 10.2. The zero-order valence-corrected chi connectivity index (χ0v) is 10.5. The van der Waals surface area contributed by atoms with Crippen molar-refractivity contribution in [2.24, 2.45) is 0 Å². The predicted octanol–water partition coefficient (Wildman–Crippen LogP) is 1.70. The summed E-state index contributed by atoms with van der Waals surface area (Å²) in [6.07, 6.45) is 0.221. The minimum absolute atomic E-state index is 0.221. The van der Waals surface area contributed by atoms with Crippen molar-refractivity contribution in [1.29, 1.82) is 10.7 Å². The van der Waals surface area contributed by atoms with Crippen LogP contribution < -0.4 is 0 Å². The van der Waals surface area contributed by atoms with Crippen LogP contribution in [-0.4, -0.2) is 41.8 Å². The molecule has 1 aromatic rings. The number of hydrogen-bond donors (Lipinski definition) is 1. The summed E-state index contributed by atoms with van der Waals surface area (Å²) in [6, 6.07) is 12.5. The van der Waals surface area contributed by atoms with Crippen LogP contribution in [0.2, 0.25) is 0 Å². The monoisotopic (exact) mass is 242 g/mol. The molecule has 0 radical (unpaired) electrons. The maximum Gasteiger partial charge on any atom is 0.110 e. The van der Waals surface area contributed by atoms with Crippen molar-refractivity contribution in [3.63, 3.8) is 0 Å². The molecule has 1 aromatic carbocycles. The molecular formula is C14H18N4. The van der Waals surface area contributed by atoms with E-state index in [0.717, 1.165) is 32.7 Å². The summed E-state index contributed by atoms with van der Waals surface area (Å²) in [5.41, 5.74) is 1.33. The first-order valence-corrected chi connectivity index (χ1v) is 6.25. The van der Waals surface area contributed by atoms with Crippen molar-refractivity contribution in [2.75, 3.05) is 26.2 Å². The van der Waals surface area contributed by atoms with Crippen LogP contribution in [0, 0.1) is 16.7 Å². The summed E-state index contributed by atoms with van der Waals surface area (Å²) in [6.45, 7) is 4.60. The second-order valence-corrected chi connectivity index (χ2v) is 4.53. The fourth-order valence-corrected chi connectivity index (χ4v) is 2.20. The molecular weight excluding hydrogens is 224 g/mol. The molecule has 0 aromatic heterocycles. The highest BCUT2D eigenvalue weighted by Crippen LogP contribution is 2.09. The number of hydrogen-bond acceptors (Lipinski definition) is 3. The maximum absolute atomic E-state index is 8.59. The van der Waals surface area contributed by atoms with Crippen LogP contribution in [-0.2, 0) is 6.54 Å². The fraction of sp³-hybridized carbons (Fsp3) is 0.429. The van der Waals surface area contributed by atoms with Crippen LogP contribution >= 0.6 is 0 Å². The van der Waals surface area contributed by atoms with Crippen molar-refractivity contribution in [3.8, 4) is 6.07 Å². The number of rotatable bonds is 3. The van der Waals surface area contributed by atoms with Crippen LogP contribution in [0.3, 0.4) is 0 Å². The zero-order chi connectivity index (χ0) is 12.8. The predicted molar refractivity (Wildman–Crippen MR) is 71.2 cm³/mol. The summed E-state index contributed by atoms with van der Waals surface area (Å²) >= 11 is 0. The molecule has 1 saturated heterocycles. The van der Waals surface area contributed by atoms with E-state index in [2.05, 4.69) is 29.2 Å². The lowest BCUT2D eigenvalue weighted by Gasteiger charge is -2.35. The van der Waals surface area contributed by atoms with Crippen molar-refractivity contribution in [2.45, 2.75) is 13.0 Å². The minimum atomic E-state index is 0.221. The molecule has 0 amide bonds. The Bertz CT molecular complexity index is 427. The van der Waals surface area contributed by atoms with Gasteiger partial charge >= 0.3 is 0 Å². The van der Waals surface area contributed by atoms with Crippen LogP contribution in [0.5, 0.6) is 0 Å². The van der Waals surface area contributed by atoms with E-state index in [1.54, 1.807) is 0 Å². The van der Waals surface area contributed by atoms with Crippen LogP contribution in [0.4, 0.5) is 0 Å². The Morgan fingerprint density at radius 3 is 2.44 bits per heavy atom. The Balaban J connectivity index is 1.81.